The van der Waals surface area contributed by atoms with Crippen LogP contribution in [0.2, 0.25) is 0 Å². The quantitative estimate of drug-likeness (QED) is 0.374. The van der Waals surface area contributed by atoms with Gasteiger partial charge in [0, 0.05) is 24.7 Å². The number of nitrogens with one attached hydrogen (secondary N) is 2. The molecule has 7 nitrogen and oxygen atoms in total. The SMILES string of the molecule is CCNC(=NCc1cc(C(C)C)no1)NCCc1c(C)noc1C.I. The van der Waals surface area contributed by atoms with Crippen LogP contribution < -0.4 is 10.6 Å². The Hall–Kier alpha value is -1.58. The minimum Gasteiger partial charge on any atom is -0.361 e. The van der Waals surface area contributed by atoms with Crippen molar-refractivity contribution in [3.63, 3.8) is 0 Å². The molecule has 0 unspecified atom stereocenters. The zero-order valence-electron chi connectivity index (χ0n) is 15.5. The van der Waals surface area contributed by atoms with E-state index < -0.39 is 0 Å². The average molecular weight is 461 g/mol. The number of aryl methyl sites for hydroxylation is 2. The second-order valence-corrected chi connectivity index (χ2v) is 6.05. The molecule has 0 aromatic carbocycles. The number of aliphatic imine (C=N–C) groups is 1. The predicted molar refractivity (Wildman–Crippen MR) is 109 cm³/mol. The Balaban J connectivity index is 0.00000312. The van der Waals surface area contributed by atoms with Crippen molar-refractivity contribution in [1.82, 2.24) is 20.9 Å². The fourth-order valence-electron chi connectivity index (χ4n) is 2.34. The molecule has 2 rings (SSSR count). The third-order valence-electron chi connectivity index (χ3n) is 3.75. The molecule has 2 aromatic heterocycles. The van der Waals surface area contributed by atoms with Gasteiger partial charge in [-0.1, -0.05) is 24.2 Å². The number of guanidine groups is 1. The van der Waals surface area contributed by atoms with Crippen molar-refractivity contribution < 1.29 is 9.05 Å². The molecular formula is C17H28IN5O2. The number of nitrogens with zero attached hydrogens (tertiary/aromatic N) is 3. The van der Waals surface area contributed by atoms with E-state index in [1.54, 1.807) is 0 Å². The Kier molecular flexibility index (Phi) is 8.95. The molecule has 0 radical (unpaired) electrons. The third-order valence-corrected chi connectivity index (χ3v) is 3.75. The van der Waals surface area contributed by atoms with Crippen molar-refractivity contribution in [3.8, 4) is 0 Å². The zero-order chi connectivity index (χ0) is 17.5. The van der Waals surface area contributed by atoms with Crippen LogP contribution in [0.25, 0.3) is 0 Å². The molecule has 0 saturated carbocycles. The number of hydrogen-bond acceptors (Lipinski definition) is 5. The van der Waals surface area contributed by atoms with E-state index in [9.17, 15) is 0 Å². The van der Waals surface area contributed by atoms with E-state index in [2.05, 4.69) is 39.8 Å². The van der Waals surface area contributed by atoms with Crippen LogP contribution in [0.4, 0.5) is 0 Å². The van der Waals surface area contributed by atoms with Crippen molar-refractivity contribution in [2.75, 3.05) is 13.1 Å². The van der Waals surface area contributed by atoms with Crippen molar-refractivity contribution in [2.24, 2.45) is 4.99 Å². The molecule has 0 atom stereocenters. The Morgan fingerprint density at radius 3 is 2.52 bits per heavy atom. The van der Waals surface area contributed by atoms with Gasteiger partial charge >= 0.3 is 0 Å². The Bertz CT molecular complexity index is 659. The summed E-state index contributed by atoms with van der Waals surface area (Å²) in [5.41, 5.74) is 3.05. The number of aromatic nitrogens is 2. The lowest BCUT2D eigenvalue weighted by molar-refractivity contribution is 0.376. The molecular weight excluding hydrogens is 433 g/mol. The lowest BCUT2D eigenvalue weighted by atomic mass is 10.1. The first-order chi connectivity index (χ1) is 11.5. The van der Waals surface area contributed by atoms with E-state index in [0.29, 0.717) is 12.5 Å². The van der Waals surface area contributed by atoms with Crippen molar-refractivity contribution in [2.45, 2.75) is 53.5 Å². The molecule has 0 aliphatic rings. The fraction of sp³-hybridized carbons (Fsp3) is 0.588. The van der Waals surface area contributed by atoms with Gasteiger partial charge in [0.25, 0.3) is 0 Å². The second kappa shape index (κ2) is 10.4. The van der Waals surface area contributed by atoms with Crippen LogP contribution >= 0.6 is 24.0 Å². The summed E-state index contributed by atoms with van der Waals surface area (Å²) in [6.07, 6.45) is 0.839. The van der Waals surface area contributed by atoms with Crippen LogP contribution in [0.5, 0.6) is 0 Å². The summed E-state index contributed by atoms with van der Waals surface area (Å²) in [5.74, 6) is 2.75. The lowest BCUT2D eigenvalue weighted by Gasteiger charge is -2.10. The van der Waals surface area contributed by atoms with Crippen molar-refractivity contribution >= 4 is 29.9 Å². The van der Waals surface area contributed by atoms with Gasteiger partial charge in [-0.3, -0.25) is 0 Å². The summed E-state index contributed by atoms with van der Waals surface area (Å²) in [5, 5.41) is 14.6. The van der Waals surface area contributed by atoms with Crippen molar-refractivity contribution in [3.05, 3.63) is 34.5 Å². The van der Waals surface area contributed by atoms with E-state index >= 15 is 0 Å². The van der Waals surface area contributed by atoms with Crippen LogP contribution in [-0.2, 0) is 13.0 Å². The van der Waals surface area contributed by atoms with Crippen LogP contribution in [0.1, 0.15) is 55.2 Å². The monoisotopic (exact) mass is 461 g/mol. The number of hydrogen-bond donors (Lipinski definition) is 2. The molecule has 2 N–H and O–H groups in total. The second-order valence-electron chi connectivity index (χ2n) is 6.05. The molecule has 2 heterocycles. The van der Waals surface area contributed by atoms with Crippen LogP contribution in [0.3, 0.4) is 0 Å². The molecule has 25 heavy (non-hydrogen) atoms. The summed E-state index contributed by atoms with van der Waals surface area (Å²) in [6.45, 7) is 12.1. The summed E-state index contributed by atoms with van der Waals surface area (Å²) < 4.78 is 10.5. The number of rotatable bonds is 7. The van der Waals surface area contributed by atoms with Crippen molar-refractivity contribution in [1.29, 1.82) is 0 Å². The average Bonchev–Trinajstić information content (AvgIpc) is 3.14. The van der Waals surface area contributed by atoms with Crippen LogP contribution in [0, 0.1) is 13.8 Å². The van der Waals surface area contributed by atoms with Gasteiger partial charge in [-0.15, -0.1) is 24.0 Å². The summed E-state index contributed by atoms with van der Waals surface area (Å²) >= 11 is 0. The van der Waals surface area contributed by atoms with E-state index in [-0.39, 0.29) is 24.0 Å². The van der Waals surface area contributed by atoms with Gasteiger partial charge in [-0.2, -0.15) is 0 Å². The summed E-state index contributed by atoms with van der Waals surface area (Å²) in [7, 11) is 0. The predicted octanol–water partition coefficient (Wildman–Crippen LogP) is 3.32. The van der Waals surface area contributed by atoms with Gasteiger partial charge in [0.1, 0.15) is 12.3 Å². The minimum atomic E-state index is 0. The van der Waals surface area contributed by atoms with E-state index in [4.69, 9.17) is 9.05 Å². The molecule has 0 spiro atoms. The highest BCUT2D eigenvalue weighted by Gasteiger charge is 2.09. The van der Waals surface area contributed by atoms with E-state index in [1.807, 2.05) is 26.8 Å². The first-order valence-corrected chi connectivity index (χ1v) is 8.40. The molecule has 0 saturated heterocycles. The maximum absolute atomic E-state index is 5.32. The Morgan fingerprint density at radius 1 is 1.20 bits per heavy atom. The van der Waals surface area contributed by atoms with E-state index in [1.165, 1.54) is 0 Å². The van der Waals surface area contributed by atoms with E-state index in [0.717, 1.165) is 53.9 Å². The summed E-state index contributed by atoms with van der Waals surface area (Å²) in [4.78, 5) is 4.54. The Morgan fingerprint density at radius 2 is 1.96 bits per heavy atom. The highest BCUT2D eigenvalue weighted by atomic mass is 127. The topological polar surface area (TPSA) is 88.5 Å². The van der Waals surface area contributed by atoms with Gasteiger partial charge in [-0.25, -0.2) is 4.99 Å². The molecule has 0 aliphatic carbocycles. The van der Waals surface area contributed by atoms with Gasteiger partial charge in [0.15, 0.2) is 11.7 Å². The van der Waals surface area contributed by atoms with Crippen LogP contribution in [-0.4, -0.2) is 29.4 Å². The lowest BCUT2D eigenvalue weighted by Crippen LogP contribution is -2.38. The standard InChI is InChI=1S/C17H27N5O2.HI/c1-6-18-17(19-8-7-15-12(4)21-23-13(15)5)20-10-14-9-16(11(2)3)22-24-14;/h9,11H,6-8,10H2,1-5H3,(H2,18,19,20);1H. The first-order valence-electron chi connectivity index (χ1n) is 8.40. The van der Waals surface area contributed by atoms with Gasteiger partial charge in [-0.05, 0) is 33.1 Å². The molecule has 140 valence electrons. The highest BCUT2D eigenvalue weighted by Crippen LogP contribution is 2.14. The van der Waals surface area contributed by atoms with Gasteiger partial charge < -0.3 is 19.7 Å². The normalized spacial score (nSPS) is 11.5. The fourth-order valence-corrected chi connectivity index (χ4v) is 2.34. The molecule has 0 fully saturated rings. The minimum absolute atomic E-state index is 0. The number of halogens is 1. The highest BCUT2D eigenvalue weighted by molar-refractivity contribution is 14.0. The molecule has 8 heteroatoms. The summed E-state index contributed by atoms with van der Waals surface area (Å²) in [6, 6.07) is 1.96. The Labute approximate surface area is 166 Å². The first kappa shape index (κ1) is 21.5. The molecule has 0 aliphatic heterocycles. The van der Waals surface area contributed by atoms with Gasteiger partial charge in [0.05, 0.1) is 11.4 Å². The van der Waals surface area contributed by atoms with Crippen LogP contribution in [0.15, 0.2) is 20.1 Å². The van der Waals surface area contributed by atoms with Gasteiger partial charge in [0.2, 0.25) is 0 Å². The molecule has 2 aromatic rings. The molecule has 0 bridgehead atoms. The maximum atomic E-state index is 5.32. The zero-order valence-corrected chi connectivity index (χ0v) is 17.9. The third kappa shape index (κ3) is 6.33. The maximum Gasteiger partial charge on any atom is 0.191 e. The smallest absolute Gasteiger partial charge is 0.191 e. The molecule has 0 amide bonds. The largest absolute Gasteiger partial charge is 0.361 e.